The van der Waals surface area contributed by atoms with Crippen LogP contribution < -0.4 is 15.5 Å². The molecule has 1 aliphatic heterocycles. The fraction of sp³-hybridized carbons (Fsp3) is 0.474. The number of nitrogens with one attached hydrogen (secondary N) is 2. The number of hydrogen-bond donors (Lipinski definition) is 2. The highest BCUT2D eigenvalue weighted by atomic mass is 127. The molecule has 6 nitrogen and oxygen atoms in total. The molecule has 1 saturated heterocycles. The van der Waals surface area contributed by atoms with Gasteiger partial charge in [0, 0.05) is 56.1 Å². The molecule has 2 aromatic rings. The first kappa shape index (κ1) is 22.0. The third kappa shape index (κ3) is 6.67. The topological polar surface area (TPSA) is 57.5 Å². The normalized spacial score (nSPS) is 16.9. The molecule has 2 heterocycles. The molecule has 0 radical (unpaired) electrons. The summed E-state index contributed by atoms with van der Waals surface area (Å²) >= 11 is 3.49. The van der Waals surface area contributed by atoms with Crippen molar-refractivity contribution in [2.24, 2.45) is 12.0 Å². The van der Waals surface area contributed by atoms with Gasteiger partial charge in [-0.25, -0.2) is 0 Å². The van der Waals surface area contributed by atoms with Crippen LogP contribution in [0.1, 0.15) is 18.4 Å². The summed E-state index contributed by atoms with van der Waals surface area (Å²) in [5.74, 6) is 0.888. The largest absolute Gasteiger partial charge is 0.369 e. The second-order valence-corrected chi connectivity index (χ2v) is 7.59. The summed E-state index contributed by atoms with van der Waals surface area (Å²) in [7, 11) is 3.78. The van der Waals surface area contributed by atoms with Crippen molar-refractivity contribution in [3.63, 3.8) is 0 Å². The zero-order valence-corrected chi connectivity index (χ0v) is 19.8. The predicted octanol–water partition coefficient (Wildman–Crippen LogP) is 3.18. The molecule has 0 aliphatic carbocycles. The molecule has 0 amide bonds. The van der Waals surface area contributed by atoms with Gasteiger partial charge in [-0.15, -0.1) is 24.0 Å². The lowest BCUT2D eigenvalue weighted by molar-refractivity contribution is 0.643. The average molecular weight is 547 g/mol. The van der Waals surface area contributed by atoms with E-state index >= 15 is 0 Å². The summed E-state index contributed by atoms with van der Waals surface area (Å²) in [4.78, 5) is 6.78. The zero-order chi connectivity index (χ0) is 18.4. The van der Waals surface area contributed by atoms with E-state index in [2.05, 4.69) is 72.0 Å². The standard InChI is InChI=1S/C19H27BrN6.HI/c1-21-19(22-10-3-4-15-12-23-25(2)13-15)24-17-9-11-26(14-17)18-7-5-16(20)6-8-18;/h5-8,12-13,17H,3-4,9-11,14H2,1-2H3,(H2,21,22,24);1H. The van der Waals surface area contributed by atoms with Gasteiger partial charge in [0.2, 0.25) is 0 Å². The van der Waals surface area contributed by atoms with Gasteiger partial charge >= 0.3 is 0 Å². The second kappa shape index (κ2) is 10.9. The van der Waals surface area contributed by atoms with Crippen LogP contribution in [0.4, 0.5) is 5.69 Å². The number of aryl methyl sites for hydroxylation is 2. The monoisotopic (exact) mass is 546 g/mol. The zero-order valence-electron chi connectivity index (χ0n) is 15.9. The summed E-state index contributed by atoms with van der Waals surface area (Å²) in [6.45, 7) is 2.97. The lowest BCUT2D eigenvalue weighted by Gasteiger charge is -2.20. The molecule has 1 fully saturated rings. The van der Waals surface area contributed by atoms with Gasteiger partial charge in [-0.05, 0) is 49.1 Å². The minimum absolute atomic E-state index is 0. The minimum atomic E-state index is 0. The first-order chi connectivity index (χ1) is 12.6. The number of halogens is 2. The van der Waals surface area contributed by atoms with Crippen molar-refractivity contribution in [2.45, 2.75) is 25.3 Å². The van der Waals surface area contributed by atoms with E-state index in [4.69, 9.17) is 0 Å². The third-order valence-electron chi connectivity index (χ3n) is 4.64. The fourth-order valence-electron chi connectivity index (χ4n) is 3.25. The van der Waals surface area contributed by atoms with Gasteiger partial charge < -0.3 is 15.5 Å². The quantitative estimate of drug-likeness (QED) is 0.253. The molecule has 1 unspecified atom stereocenters. The van der Waals surface area contributed by atoms with Crippen molar-refractivity contribution in [3.8, 4) is 0 Å². The van der Waals surface area contributed by atoms with Gasteiger partial charge in [-0.2, -0.15) is 5.10 Å². The second-order valence-electron chi connectivity index (χ2n) is 6.68. The van der Waals surface area contributed by atoms with Gasteiger partial charge in [-0.1, -0.05) is 15.9 Å². The summed E-state index contributed by atoms with van der Waals surface area (Å²) < 4.78 is 2.96. The van der Waals surface area contributed by atoms with Crippen LogP contribution in [-0.4, -0.2) is 48.5 Å². The minimum Gasteiger partial charge on any atom is -0.369 e. The number of guanidine groups is 1. The van der Waals surface area contributed by atoms with Crippen LogP contribution in [0.15, 0.2) is 46.1 Å². The molecule has 1 aromatic carbocycles. The van der Waals surface area contributed by atoms with Crippen molar-refractivity contribution >= 4 is 51.6 Å². The Morgan fingerprint density at radius 3 is 2.78 bits per heavy atom. The van der Waals surface area contributed by atoms with Crippen molar-refractivity contribution < 1.29 is 0 Å². The molecule has 0 bridgehead atoms. The first-order valence-corrected chi connectivity index (χ1v) is 9.88. The Hall–Kier alpha value is -1.29. The van der Waals surface area contributed by atoms with Crippen LogP contribution in [0.5, 0.6) is 0 Å². The average Bonchev–Trinajstić information content (AvgIpc) is 3.27. The Balaban J connectivity index is 0.00000261. The van der Waals surface area contributed by atoms with Gasteiger partial charge in [0.05, 0.1) is 6.20 Å². The number of aliphatic imine (C=N–C) groups is 1. The highest BCUT2D eigenvalue weighted by molar-refractivity contribution is 14.0. The molecule has 8 heteroatoms. The van der Waals surface area contributed by atoms with Crippen LogP contribution in [0.25, 0.3) is 0 Å². The van der Waals surface area contributed by atoms with E-state index in [1.807, 2.05) is 25.0 Å². The molecule has 0 saturated carbocycles. The summed E-state index contributed by atoms with van der Waals surface area (Å²) in [6, 6.07) is 8.94. The van der Waals surface area contributed by atoms with Crippen molar-refractivity contribution in [1.29, 1.82) is 0 Å². The molecule has 148 valence electrons. The van der Waals surface area contributed by atoms with E-state index in [0.29, 0.717) is 6.04 Å². The molecule has 27 heavy (non-hydrogen) atoms. The molecule has 2 N–H and O–H groups in total. The van der Waals surface area contributed by atoms with Crippen molar-refractivity contribution in [2.75, 3.05) is 31.6 Å². The first-order valence-electron chi connectivity index (χ1n) is 9.09. The molecule has 0 spiro atoms. The highest BCUT2D eigenvalue weighted by Crippen LogP contribution is 2.22. The van der Waals surface area contributed by atoms with Crippen molar-refractivity contribution in [1.82, 2.24) is 20.4 Å². The maximum atomic E-state index is 4.36. The number of benzene rings is 1. The van der Waals surface area contributed by atoms with Crippen LogP contribution in [0.3, 0.4) is 0 Å². The maximum absolute atomic E-state index is 4.36. The summed E-state index contributed by atoms with van der Waals surface area (Å²) in [5, 5.41) is 11.2. The van der Waals surface area contributed by atoms with E-state index < -0.39 is 0 Å². The van der Waals surface area contributed by atoms with Gasteiger partial charge in [0.25, 0.3) is 0 Å². The summed E-state index contributed by atoms with van der Waals surface area (Å²) in [6.07, 6.45) is 7.21. The van der Waals surface area contributed by atoms with Crippen LogP contribution in [-0.2, 0) is 13.5 Å². The Kier molecular flexibility index (Phi) is 8.88. The smallest absolute Gasteiger partial charge is 0.191 e. The predicted molar refractivity (Wildman–Crippen MR) is 126 cm³/mol. The number of anilines is 1. The number of hydrogen-bond acceptors (Lipinski definition) is 3. The van der Waals surface area contributed by atoms with Gasteiger partial charge in [0.15, 0.2) is 5.96 Å². The van der Waals surface area contributed by atoms with E-state index in [0.717, 1.165) is 49.3 Å². The Morgan fingerprint density at radius 2 is 2.11 bits per heavy atom. The number of rotatable bonds is 6. The van der Waals surface area contributed by atoms with Crippen molar-refractivity contribution in [3.05, 3.63) is 46.7 Å². The van der Waals surface area contributed by atoms with E-state index in [9.17, 15) is 0 Å². The number of nitrogens with zero attached hydrogens (tertiary/aromatic N) is 4. The SMILES string of the molecule is CN=C(NCCCc1cnn(C)c1)NC1CCN(c2ccc(Br)cc2)C1.I. The maximum Gasteiger partial charge on any atom is 0.191 e. The fourth-order valence-corrected chi connectivity index (χ4v) is 3.52. The molecule has 1 aliphatic rings. The molecular formula is C19H28BrIN6. The lowest BCUT2D eigenvalue weighted by atomic mass is 10.2. The van der Waals surface area contributed by atoms with Gasteiger partial charge in [0.1, 0.15) is 0 Å². The van der Waals surface area contributed by atoms with Crippen LogP contribution in [0.2, 0.25) is 0 Å². The van der Waals surface area contributed by atoms with E-state index in [1.54, 1.807) is 0 Å². The van der Waals surface area contributed by atoms with Gasteiger partial charge in [-0.3, -0.25) is 9.67 Å². The molecule has 1 aromatic heterocycles. The Bertz CT molecular complexity index is 730. The Morgan fingerprint density at radius 1 is 1.33 bits per heavy atom. The van der Waals surface area contributed by atoms with E-state index in [1.165, 1.54) is 11.3 Å². The molecule has 3 rings (SSSR count). The lowest BCUT2D eigenvalue weighted by Crippen LogP contribution is -2.44. The molecular weight excluding hydrogens is 519 g/mol. The van der Waals surface area contributed by atoms with Crippen LogP contribution in [0, 0.1) is 0 Å². The summed E-state index contributed by atoms with van der Waals surface area (Å²) in [5.41, 5.74) is 2.55. The van der Waals surface area contributed by atoms with E-state index in [-0.39, 0.29) is 24.0 Å². The van der Waals surface area contributed by atoms with Crippen LogP contribution >= 0.6 is 39.9 Å². The Labute approximate surface area is 187 Å². The third-order valence-corrected chi connectivity index (χ3v) is 5.17. The highest BCUT2D eigenvalue weighted by Gasteiger charge is 2.23. The molecule has 1 atom stereocenters. The number of aromatic nitrogens is 2.